The van der Waals surface area contributed by atoms with Crippen molar-refractivity contribution >= 4 is 5.91 Å². The average molecular weight is 327 g/mol. The van der Waals surface area contributed by atoms with Crippen molar-refractivity contribution < 1.29 is 14.3 Å². The topological polar surface area (TPSA) is 53.7 Å². The highest BCUT2D eigenvalue weighted by Crippen LogP contribution is 2.19. The summed E-state index contributed by atoms with van der Waals surface area (Å²) in [6.45, 7) is 6.49. The number of amides is 1. The first-order valence-electron chi connectivity index (χ1n) is 8.24. The SMILES string of the molecule is CC/C(C)=C(/C)C(=O)N(Cc1ccccc1)CC(O)c1ccco1. The second-order valence-corrected chi connectivity index (χ2v) is 5.96. The second kappa shape index (κ2) is 8.50. The quantitative estimate of drug-likeness (QED) is 0.779. The van der Waals surface area contributed by atoms with Gasteiger partial charge in [0.15, 0.2) is 0 Å². The van der Waals surface area contributed by atoms with Gasteiger partial charge in [0.2, 0.25) is 5.91 Å². The van der Waals surface area contributed by atoms with E-state index < -0.39 is 6.10 Å². The number of allylic oxidation sites excluding steroid dienone is 1. The molecule has 2 aromatic rings. The van der Waals surface area contributed by atoms with Crippen LogP contribution in [0.15, 0.2) is 64.3 Å². The van der Waals surface area contributed by atoms with E-state index in [9.17, 15) is 9.90 Å². The van der Waals surface area contributed by atoms with Gasteiger partial charge < -0.3 is 14.4 Å². The molecule has 1 aromatic heterocycles. The molecule has 0 aliphatic heterocycles. The Balaban J connectivity index is 2.22. The smallest absolute Gasteiger partial charge is 0.249 e. The molecule has 4 nitrogen and oxygen atoms in total. The number of rotatable bonds is 7. The van der Waals surface area contributed by atoms with Crippen molar-refractivity contribution in [3.05, 3.63) is 71.2 Å². The molecule has 1 heterocycles. The number of hydrogen-bond acceptors (Lipinski definition) is 3. The number of benzene rings is 1. The van der Waals surface area contributed by atoms with E-state index in [1.165, 1.54) is 6.26 Å². The van der Waals surface area contributed by atoms with Gasteiger partial charge in [-0.05, 0) is 38.0 Å². The van der Waals surface area contributed by atoms with E-state index in [2.05, 4.69) is 0 Å². The minimum atomic E-state index is -0.845. The maximum absolute atomic E-state index is 12.9. The van der Waals surface area contributed by atoms with Gasteiger partial charge in [0, 0.05) is 12.1 Å². The number of hydrogen-bond donors (Lipinski definition) is 1. The van der Waals surface area contributed by atoms with E-state index in [0.717, 1.165) is 23.1 Å². The van der Waals surface area contributed by atoms with Crippen LogP contribution < -0.4 is 0 Å². The van der Waals surface area contributed by atoms with Gasteiger partial charge in [0.25, 0.3) is 0 Å². The summed E-state index contributed by atoms with van der Waals surface area (Å²) in [5.41, 5.74) is 2.82. The summed E-state index contributed by atoms with van der Waals surface area (Å²) in [5, 5.41) is 10.4. The summed E-state index contributed by atoms with van der Waals surface area (Å²) in [6.07, 6.45) is 1.51. The molecule has 128 valence electrons. The van der Waals surface area contributed by atoms with Crippen LogP contribution in [0.1, 0.15) is 44.6 Å². The molecule has 1 N–H and O–H groups in total. The van der Waals surface area contributed by atoms with Crippen molar-refractivity contribution in [2.45, 2.75) is 39.8 Å². The molecule has 0 aliphatic rings. The Morgan fingerprint density at radius 2 is 1.88 bits per heavy atom. The standard InChI is InChI=1S/C20H25NO3/c1-4-15(2)16(3)20(23)21(13-17-9-6-5-7-10-17)14-18(22)19-11-8-12-24-19/h5-12,18,22H,4,13-14H2,1-3H3/b16-15-. The van der Waals surface area contributed by atoms with Crippen LogP contribution in [0.3, 0.4) is 0 Å². The van der Waals surface area contributed by atoms with Gasteiger partial charge in [0.05, 0.1) is 12.8 Å². The van der Waals surface area contributed by atoms with Crippen molar-refractivity contribution in [1.82, 2.24) is 4.90 Å². The van der Waals surface area contributed by atoms with Crippen LogP contribution in [0, 0.1) is 0 Å². The molecule has 0 fully saturated rings. The predicted octanol–water partition coefficient (Wildman–Crippen LogP) is 4.09. The number of furan rings is 1. The van der Waals surface area contributed by atoms with E-state index in [4.69, 9.17) is 4.42 Å². The molecule has 0 spiro atoms. The highest BCUT2D eigenvalue weighted by atomic mass is 16.4. The molecule has 0 radical (unpaired) electrons. The van der Waals surface area contributed by atoms with Gasteiger partial charge >= 0.3 is 0 Å². The summed E-state index contributed by atoms with van der Waals surface area (Å²) < 4.78 is 5.26. The maximum atomic E-state index is 12.9. The molecule has 1 amide bonds. The maximum Gasteiger partial charge on any atom is 0.249 e. The predicted molar refractivity (Wildman–Crippen MR) is 94.2 cm³/mol. The average Bonchev–Trinajstić information content (AvgIpc) is 3.14. The molecule has 0 aliphatic carbocycles. The fraction of sp³-hybridized carbons (Fsp3) is 0.350. The van der Waals surface area contributed by atoms with Crippen molar-refractivity contribution in [2.75, 3.05) is 6.54 Å². The number of carbonyl (C=O) groups excluding carboxylic acids is 1. The molecule has 24 heavy (non-hydrogen) atoms. The third-order valence-corrected chi connectivity index (χ3v) is 4.26. The number of nitrogens with zero attached hydrogens (tertiary/aromatic N) is 1. The minimum absolute atomic E-state index is 0.0520. The zero-order chi connectivity index (χ0) is 17.5. The molecule has 1 aromatic carbocycles. The Kier molecular flexibility index (Phi) is 6.38. The summed E-state index contributed by atoms with van der Waals surface area (Å²) in [5.74, 6) is 0.415. The highest BCUT2D eigenvalue weighted by Gasteiger charge is 2.22. The monoisotopic (exact) mass is 327 g/mol. The molecule has 0 saturated heterocycles. The summed E-state index contributed by atoms with van der Waals surface area (Å²) in [4.78, 5) is 14.6. The lowest BCUT2D eigenvalue weighted by molar-refractivity contribution is -0.129. The first-order chi connectivity index (χ1) is 11.5. The lowest BCUT2D eigenvalue weighted by Crippen LogP contribution is -2.35. The Bertz CT molecular complexity index is 674. The van der Waals surface area contributed by atoms with E-state index >= 15 is 0 Å². The first-order valence-corrected chi connectivity index (χ1v) is 8.24. The van der Waals surface area contributed by atoms with Gasteiger partial charge in [0.1, 0.15) is 11.9 Å². The van der Waals surface area contributed by atoms with Gasteiger partial charge in [-0.3, -0.25) is 4.79 Å². The molecule has 1 unspecified atom stereocenters. The molecule has 4 heteroatoms. The van der Waals surface area contributed by atoms with Crippen LogP contribution in [0.25, 0.3) is 0 Å². The van der Waals surface area contributed by atoms with Crippen molar-refractivity contribution in [1.29, 1.82) is 0 Å². The molecule has 2 rings (SSSR count). The molecule has 0 bridgehead atoms. The van der Waals surface area contributed by atoms with E-state index in [-0.39, 0.29) is 12.5 Å². The van der Waals surface area contributed by atoms with Gasteiger partial charge in [-0.15, -0.1) is 0 Å². The number of aliphatic hydroxyl groups excluding tert-OH is 1. The number of aliphatic hydroxyl groups is 1. The van der Waals surface area contributed by atoms with E-state index in [0.29, 0.717) is 12.3 Å². The van der Waals surface area contributed by atoms with Gasteiger partial charge in [-0.25, -0.2) is 0 Å². The Morgan fingerprint density at radius 1 is 1.17 bits per heavy atom. The highest BCUT2D eigenvalue weighted by molar-refractivity contribution is 5.93. The Hall–Kier alpha value is -2.33. The fourth-order valence-corrected chi connectivity index (χ4v) is 2.49. The summed E-state index contributed by atoms with van der Waals surface area (Å²) in [6, 6.07) is 13.2. The molecule has 1 atom stereocenters. The first kappa shape index (κ1) is 18.0. The zero-order valence-electron chi connectivity index (χ0n) is 14.5. The molecular formula is C20H25NO3. The van der Waals surface area contributed by atoms with Crippen molar-refractivity contribution in [2.24, 2.45) is 0 Å². The third-order valence-electron chi connectivity index (χ3n) is 4.26. The Labute approximate surface area is 143 Å². The second-order valence-electron chi connectivity index (χ2n) is 5.96. The van der Waals surface area contributed by atoms with E-state index in [1.807, 2.05) is 51.1 Å². The number of carbonyl (C=O) groups is 1. The minimum Gasteiger partial charge on any atom is -0.467 e. The van der Waals surface area contributed by atoms with E-state index in [1.54, 1.807) is 17.0 Å². The summed E-state index contributed by atoms with van der Waals surface area (Å²) >= 11 is 0. The van der Waals surface area contributed by atoms with Gasteiger partial charge in [-0.2, -0.15) is 0 Å². The fourth-order valence-electron chi connectivity index (χ4n) is 2.49. The van der Waals surface area contributed by atoms with Crippen LogP contribution in [0.2, 0.25) is 0 Å². The van der Waals surface area contributed by atoms with Crippen LogP contribution in [-0.4, -0.2) is 22.5 Å². The lowest BCUT2D eigenvalue weighted by Gasteiger charge is -2.26. The largest absolute Gasteiger partial charge is 0.467 e. The lowest BCUT2D eigenvalue weighted by atomic mass is 10.1. The third kappa shape index (κ3) is 4.59. The van der Waals surface area contributed by atoms with Crippen molar-refractivity contribution in [3.8, 4) is 0 Å². The zero-order valence-corrected chi connectivity index (χ0v) is 14.5. The van der Waals surface area contributed by atoms with Crippen LogP contribution in [0.4, 0.5) is 0 Å². The van der Waals surface area contributed by atoms with Crippen LogP contribution in [-0.2, 0) is 11.3 Å². The Morgan fingerprint density at radius 3 is 2.46 bits per heavy atom. The van der Waals surface area contributed by atoms with Crippen LogP contribution in [0.5, 0.6) is 0 Å². The molecular weight excluding hydrogens is 302 g/mol. The summed E-state index contributed by atoms with van der Waals surface area (Å²) in [7, 11) is 0. The molecule has 0 saturated carbocycles. The van der Waals surface area contributed by atoms with Gasteiger partial charge in [-0.1, -0.05) is 42.8 Å². The normalized spacial score (nSPS) is 13.3. The van der Waals surface area contributed by atoms with Crippen molar-refractivity contribution in [3.63, 3.8) is 0 Å². The van der Waals surface area contributed by atoms with Crippen LogP contribution >= 0.6 is 0 Å².